The van der Waals surface area contributed by atoms with E-state index in [-0.39, 0.29) is 6.04 Å². The van der Waals surface area contributed by atoms with Gasteiger partial charge in [0.15, 0.2) is 0 Å². The smallest absolute Gasteiger partial charge is 0.0347 e. The molecule has 92 valence electrons. The first-order valence-corrected chi connectivity index (χ1v) is 6.48. The van der Waals surface area contributed by atoms with E-state index in [9.17, 15) is 0 Å². The van der Waals surface area contributed by atoms with Crippen molar-refractivity contribution >= 4 is 0 Å². The van der Waals surface area contributed by atoms with Crippen molar-refractivity contribution in [2.75, 3.05) is 0 Å². The molecule has 0 fully saturated rings. The fourth-order valence-electron chi connectivity index (χ4n) is 2.93. The Balaban J connectivity index is 1.85. The molecular formula is C16H18N2. The lowest BCUT2D eigenvalue weighted by Crippen LogP contribution is -2.22. The van der Waals surface area contributed by atoms with Crippen LogP contribution in [0, 0.1) is 12.8 Å². The van der Waals surface area contributed by atoms with E-state index >= 15 is 0 Å². The van der Waals surface area contributed by atoms with Crippen LogP contribution in [0.2, 0.25) is 0 Å². The zero-order chi connectivity index (χ0) is 12.5. The molecule has 1 aromatic heterocycles. The Morgan fingerprint density at radius 2 is 1.83 bits per heavy atom. The van der Waals surface area contributed by atoms with Crippen LogP contribution in [-0.4, -0.2) is 4.98 Å². The Morgan fingerprint density at radius 3 is 2.44 bits per heavy atom. The summed E-state index contributed by atoms with van der Waals surface area (Å²) in [5.41, 5.74) is 11.8. The fraction of sp³-hybridized carbons (Fsp3) is 0.312. The molecule has 1 aromatic carbocycles. The fourth-order valence-corrected chi connectivity index (χ4v) is 2.93. The predicted molar refractivity (Wildman–Crippen MR) is 73.2 cm³/mol. The SMILES string of the molecule is Cc1ccncc1C(N)C1Cc2ccccc2C1. The maximum Gasteiger partial charge on any atom is 0.0347 e. The largest absolute Gasteiger partial charge is 0.324 e. The van der Waals surface area contributed by atoms with E-state index in [0.29, 0.717) is 5.92 Å². The van der Waals surface area contributed by atoms with E-state index in [1.807, 2.05) is 18.5 Å². The number of rotatable bonds is 2. The highest BCUT2D eigenvalue weighted by atomic mass is 14.7. The summed E-state index contributed by atoms with van der Waals surface area (Å²) in [5, 5.41) is 0. The number of hydrogen-bond donors (Lipinski definition) is 1. The zero-order valence-electron chi connectivity index (χ0n) is 10.6. The Kier molecular flexibility index (Phi) is 2.88. The van der Waals surface area contributed by atoms with Crippen molar-refractivity contribution in [1.82, 2.24) is 4.98 Å². The highest BCUT2D eigenvalue weighted by molar-refractivity contribution is 5.35. The molecule has 2 N–H and O–H groups in total. The number of pyridine rings is 1. The number of nitrogens with zero attached hydrogens (tertiary/aromatic N) is 1. The van der Waals surface area contributed by atoms with Gasteiger partial charge in [0.25, 0.3) is 0 Å². The molecule has 2 aromatic rings. The third-order valence-electron chi connectivity index (χ3n) is 4.03. The number of fused-ring (bicyclic) bond motifs is 1. The Hall–Kier alpha value is -1.67. The molecule has 0 radical (unpaired) electrons. The van der Waals surface area contributed by atoms with Gasteiger partial charge in [0.05, 0.1) is 0 Å². The van der Waals surface area contributed by atoms with Gasteiger partial charge in [-0.25, -0.2) is 0 Å². The van der Waals surface area contributed by atoms with E-state index < -0.39 is 0 Å². The summed E-state index contributed by atoms with van der Waals surface area (Å²) in [6.07, 6.45) is 5.93. The molecule has 0 aliphatic heterocycles. The predicted octanol–water partition coefficient (Wildman–Crippen LogP) is 2.80. The van der Waals surface area contributed by atoms with Crippen LogP contribution >= 0.6 is 0 Å². The second-order valence-electron chi connectivity index (χ2n) is 5.20. The average molecular weight is 238 g/mol. The first-order valence-electron chi connectivity index (χ1n) is 6.48. The molecular weight excluding hydrogens is 220 g/mol. The molecule has 1 heterocycles. The number of benzene rings is 1. The average Bonchev–Trinajstić information content (AvgIpc) is 2.82. The van der Waals surface area contributed by atoms with Crippen LogP contribution in [0.15, 0.2) is 42.7 Å². The normalized spacial score (nSPS) is 16.6. The molecule has 0 amide bonds. The van der Waals surface area contributed by atoms with Gasteiger partial charge in [-0.2, -0.15) is 0 Å². The van der Waals surface area contributed by atoms with Crippen LogP contribution in [0.1, 0.15) is 28.3 Å². The molecule has 0 saturated carbocycles. The zero-order valence-corrected chi connectivity index (χ0v) is 10.6. The molecule has 0 saturated heterocycles. The first-order chi connectivity index (χ1) is 8.75. The summed E-state index contributed by atoms with van der Waals surface area (Å²) in [4.78, 5) is 4.21. The Morgan fingerprint density at radius 1 is 1.17 bits per heavy atom. The van der Waals surface area contributed by atoms with Crippen LogP contribution in [0.25, 0.3) is 0 Å². The summed E-state index contributed by atoms with van der Waals surface area (Å²) >= 11 is 0. The molecule has 18 heavy (non-hydrogen) atoms. The summed E-state index contributed by atoms with van der Waals surface area (Å²) in [6, 6.07) is 10.8. The topological polar surface area (TPSA) is 38.9 Å². The molecule has 1 unspecified atom stereocenters. The second-order valence-corrected chi connectivity index (χ2v) is 5.20. The van der Waals surface area contributed by atoms with Crippen molar-refractivity contribution in [1.29, 1.82) is 0 Å². The van der Waals surface area contributed by atoms with E-state index in [0.717, 1.165) is 12.8 Å². The van der Waals surface area contributed by atoms with Crippen molar-refractivity contribution in [3.8, 4) is 0 Å². The van der Waals surface area contributed by atoms with E-state index in [4.69, 9.17) is 5.73 Å². The van der Waals surface area contributed by atoms with Crippen LogP contribution in [0.4, 0.5) is 0 Å². The van der Waals surface area contributed by atoms with Gasteiger partial charge in [-0.15, -0.1) is 0 Å². The number of aromatic nitrogens is 1. The van der Waals surface area contributed by atoms with E-state index in [2.05, 4.69) is 36.2 Å². The van der Waals surface area contributed by atoms with Gasteiger partial charge in [-0.3, -0.25) is 4.98 Å². The second kappa shape index (κ2) is 4.54. The van der Waals surface area contributed by atoms with Gasteiger partial charge in [0, 0.05) is 18.4 Å². The monoisotopic (exact) mass is 238 g/mol. The minimum Gasteiger partial charge on any atom is -0.324 e. The van der Waals surface area contributed by atoms with Crippen molar-refractivity contribution < 1.29 is 0 Å². The molecule has 1 aliphatic carbocycles. The maximum atomic E-state index is 6.44. The summed E-state index contributed by atoms with van der Waals surface area (Å²) < 4.78 is 0. The Labute approximate surface area is 108 Å². The molecule has 0 spiro atoms. The third kappa shape index (κ3) is 1.93. The lowest BCUT2D eigenvalue weighted by atomic mass is 9.90. The minimum absolute atomic E-state index is 0.0890. The van der Waals surface area contributed by atoms with Gasteiger partial charge < -0.3 is 5.73 Å². The quantitative estimate of drug-likeness (QED) is 0.873. The molecule has 1 atom stereocenters. The van der Waals surface area contributed by atoms with Gasteiger partial charge in [0.2, 0.25) is 0 Å². The van der Waals surface area contributed by atoms with Crippen molar-refractivity contribution in [2.24, 2.45) is 11.7 Å². The lowest BCUT2D eigenvalue weighted by Gasteiger charge is -2.20. The van der Waals surface area contributed by atoms with Crippen LogP contribution in [0.5, 0.6) is 0 Å². The number of hydrogen-bond acceptors (Lipinski definition) is 2. The van der Waals surface area contributed by atoms with Crippen molar-refractivity contribution in [3.63, 3.8) is 0 Å². The minimum atomic E-state index is 0.0890. The van der Waals surface area contributed by atoms with E-state index in [1.54, 1.807) is 0 Å². The maximum absolute atomic E-state index is 6.44. The molecule has 0 bridgehead atoms. The van der Waals surface area contributed by atoms with Crippen molar-refractivity contribution in [2.45, 2.75) is 25.8 Å². The summed E-state index contributed by atoms with van der Waals surface area (Å²) in [5.74, 6) is 0.505. The van der Waals surface area contributed by atoms with Gasteiger partial charge in [-0.05, 0) is 54.0 Å². The standard InChI is InChI=1S/C16H18N2/c1-11-6-7-18-10-15(11)16(17)14-8-12-4-2-3-5-13(12)9-14/h2-7,10,14,16H,8-9,17H2,1H3. The van der Waals surface area contributed by atoms with Gasteiger partial charge >= 0.3 is 0 Å². The van der Waals surface area contributed by atoms with Crippen LogP contribution < -0.4 is 5.73 Å². The lowest BCUT2D eigenvalue weighted by molar-refractivity contribution is 0.451. The number of nitrogens with two attached hydrogens (primary N) is 1. The summed E-state index contributed by atoms with van der Waals surface area (Å²) in [6.45, 7) is 2.11. The molecule has 2 heteroatoms. The Bertz CT molecular complexity index is 538. The summed E-state index contributed by atoms with van der Waals surface area (Å²) in [7, 11) is 0. The van der Waals surface area contributed by atoms with Gasteiger partial charge in [-0.1, -0.05) is 24.3 Å². The van der Waals surface area contributed by atoms with E-state index in [1.165, 1.54) is 22.3 Å². The first kappa shape index (κ1) is 11.4. The van der Waals surface area contributed by atoms with Crippen LogP contribution in [0.3, 0.4) is 0 Å². The van der Waals surface area contributed by atoms with Crippen LogP contribution in [-0.2, 0) is 12.8 Å². The highest BCUT2D eigenvalue weighted by Gasteiger charge is 2.27. The highest BCUT2D eigenvalue weighted by Crippen LogP contribution is 2.34. The molecule has 1 aliphatic rings. The number of aryl methyl sites for hydroxylation is 1. The third-order valence-corrected chi connectivity index (χ3v) is 4.03. The van der Waals surface area contributed by atoms with Crippen molar-refractivity contribution in [3.05, 3.63) is 65.0 Å². The molecule has 3 rings (SSSR count). The van der Waals surface area contributed by atoms with Gasteiger partial charge in [0.1, 0.15) is 0 Å². The molecule has 2 nitrogen and oxygen atoms in total.